The van der Waals surface area contributed by atoms with Crippen molar-refractivity contribution in [3.8, 4) is 0 Å². The standard InChI is InChI=1S/C22H34N4O2/c1-3-19(22(28)23-12-7-13-25-16-14-24(2)15-17-25)26-20-10-5-4-8-18(20)9-6-11-21(26)27/h4-5,8,10,19H,3,6-7,9,11-17H2,1-2H3,(H,23,28). The molecule has 2 amide bonds. The first-order valence-corrected chi connectivity index (χ1v) is 10.7. The summed E-state index contributed by atoms with van der Waals surface area (Å²) in [6.07, 6.45) is 3.79. The van der Waals surface area contributed by atoms with Gasteiger partial charge in [-0.15, -0.1) is 0 Å². The Morgan fingerprint density at radius 1 is 1.14 bits per heavy atom. The molecule has 2 heterocycles. The molecular weight excluding hydrogens is 352 g/mol. The van der Waals surface area contributed by atoms with E-state index < -0.39 is 6.04 Å². The molecule has 0 aliphatic carbocycles. The Labute approximate surface area is 168 Å². The lowest BCUT2D eigenvalue weighted by molar-refractivity contribution is -0.126. The van der Waals surface area contributed by atoms with Gasteiger partial charge >= 0.3 is 0 Å². The first-order chi connectivity index (χ1) is 13.6. The van der Waals surface area contributed by atoms with Gasteiger partial charge in [-0.25, -0.2) is 0 Å². The Morgan fingerprint density at radius 3 is 2.64 bits per heavy atom. The molecule has 1 atom stereocenters. The van der Waals surface area contributed by atoms with E-state index in [0.717, 1.165) is 63.2 Å². The molecule has 1 aromatic rings. The highest BCUT2D eigenvalue weighted by molar-refractivity contribution is 6.01. The summed E-state index contributed by atoms with van der Waals surface area (Å²) in [5.74, 6) is 0.0234. The number of hydrogen-bond acceptors (Lipinski definition) is 4. The molecule has 1 N–H and O–H groups in total. The Morgan fingerprint density at radius 2 is 1.89 bits per heavy atom. The fourth-order valence-electron chi connectivity index (χ4n) is 4.17. The largest absolute Gasteiger partial charge is 0.354 e. The highest BCUT2D eigenvalue weighted by atomic mass is 16.2. The molecule has 1 aromatic carbocycles. The first-order valence-electron chi connectivity index (χ1n) is 10.7. The lowest BCUT2D eigenvalue weighted by atomic mass is 10.1. The molecule has 0 spiro atoms. The van der Waals surface area contributed by atoms with Crippen molar-refractivity contribution >= 4 is 17.5 Å². The Hall–Kier alpha value is -1.92. The smallest absolute Gasteiger partial charge is 0.243 e. The normalized spacial score (nSPS) is 19.8. The van der Waals surface area contributed by atoms with Gasteiger partial charge in [-0.2, -0.15) is 0 Å². The van der Waals surface area contributed by atoms with Gasteiger partial charge in [-0.3, -0.25) is 14.5 Å². The molecule has 1 fully saturated rings. The van der Waals surface area contributed by atoms with Gasteiger partial charge in [-0.1, -0.05) is 25.1 Å². The Balaban J connectivity index is 1.56. The van der Waals surface area contributed by atoms with Gasteiger partial charge in [0.25, 0.3) is 0 Å². The van der Waals surface area contributed by atoms with Crippen LogP contribution in [0.2, 0.25) is 0 Å². The van der Waals surface area contributed by atoms with E-state index in [1.807, 2.05) is 25.1 Å². The molecule has 0 radical (unpaired) electrons. The van der Waals surface area contributed by atoms with Gasteiger partial charge in [0.15, 0.2) is 0 Å². The quantitative estimate of drug-likeness (QED) is 0.727. The molecule has 154 valence electrons. The molecule has 0 saturated carbocycles. The summed E-state index contributed by atoms with van der Waals surface area (Å²) in [7, 11) is 2.16. The third-order valence-corrected chi connectivity index (χ3v) is 5.90. The maximum atomic E-state index is 12.9. The lowest BCUT2D eigenvalue weighted by Crippen LogP contribution is -2.50. The van der Waals surface area contributed by atoms with Gasteiger partial charge < -0.3 is 15.1 Å². The van der Waals surface area contributed by atoms with Crippen LogP contribution in [0.15, 0.2) is 24.3 Å². The number of fused-ring (bicyclic) bond motifs is 1. The number of carbonyl (C=O) groups excluding carboxylic acids is 2. The minimum atomic E-state index is -0.435. The van der Waals surface area contributed by atoms with Crippen LogP contribution in [-0.4, -0.2) is 74.0 Å². The van der Waals surface area contributed by atoms with Crippen molar-refractivity contribution in [1.82, 2.24) is 15.1 Å². The van der Waals surface area contributed by atoms with Crippen molar-refractivity contribution in [3.05, 3.63) is 29.8 Å². The number of piperazine rings is 1. The van der Waals surface area contributed by atoms with Crippen LogP contribution in [0.3, 0.4) is 0 Å². The lowest BCUT2D eigenvalue weighted by Gasteiger charge is -2.32. The van der Waals surface area contributed by atoms with Gasteiger partial charge in [0.05, 0.1) is 0 Å². The minimum Gasteiger partial charge on any atom is -0.354 e. The number of anilines is 1. The van der Waals surface area contributed by atoms with Crippen LogP contribution in [0.1, 0.15) is 38.2 Å². The van der Waals surface area contributed by atoms with Crippen molar-refractivity contribution in [2.75, 3.05) is 51.2 Å². The second kappa shape index (κ2) is 10.0. The number of amides is 2. The second-order valence-corrected chi connectivity index (χ2v) is 7.96. The van der Waals surface area contributed by atoms with Gasteiger partial charge in [-0.05, 0) is 50.9 Å². The molecule has 6 nitrogen and oxygen atoms in total. The molecule has 1 unspecified atom stereocenters. The van der Waals surface area contributed by atoms with Crippen molar-refractivity contribution in [3.63, 3.8) is 0 Å². The average molecular weight is 387 g/mol. The predicted molar refractivity (Wildman–Crippen MR) is 113 cm³/mol. The number of carbonyl (C=O) groups is 2. The summed E-state index contributed by atoms with van der Waals surface area (Å²) in [4.78, 5) is 32.2. The minimum absolute atomic E-state index is 0.0362. The molecule has 2 aliphatic rings. The van der Waals surface area contributed by atoms with E-state index in [9.17, 15) is 9.59 Å². The first kappa shape index (κ1) is 20.8. The molecule has 1 saturated heterocycles. The SMILES string of the molecule is CCC(C(=O)NCCCN1CCN(C)CC1)N1C(=O)CCCc2ccccc21. The highest BCUT2D eigenvalue weighted by Crippen LogP contribution is 2.29. The van der Waals surface area contributed by atoms with Crippen LogP contribution in [-0.2, 0) is 16.0 Å². The molecule has 3 rings (SSSR count). The second-order valence-electron chi connectivity index (χ2n) is 7.96. The Bertz CT molecular complexity index is 670. The third-order valence-electron chi connectivity index (χ3n) is 5.90. The molecular formula is C22H34N4O2. The van der Waals surface area contributed by atoms with Crippen LogP contribution >= 0.6 is 0 Å². The number of para-hydroxylation sites is 1. The summed E-state index contributed by atoms with van der Waals surface area (Å²) in [6.45, 7) is 8.07. The van der Waals surface area contributed by atoms with E-state index in [2.05, 4.69) is 28.2 Å². The van der Waals surface area contributed by atoms with Crippen molar-refractivity contribution in [2.24, 2.45) is 0 Å². The monoisotopic (exact) mass is 386 g/mol. The number of hydrogen-bond donors (Lipinski definition) is 1. The van der Waals surface area contributed by atoms with E-state index in [-0.39, 0.29) is 11.8 Å². The maximum Gasteiger partial charge on any atom is 0.243 e. The summed E-state index contributed by atoms with van der Waals surface area (Å²) < 4.78 is 0. The van der Waals surface area contributed by atoms with Crippen LogP contribution in [0.25, 0.3) is 0 Å². The molecule has 0 aromatic heterocycles. The van der Waals surface area contributed by atoms with Crippen molar-refractivity contribution < 1.29 is 9.59 Å². The average Bonchev–Trinajstić information content (AvgIpc) is 2.86. The zero-order valence-corrected chi connectivity index (χ0v) is 17.3. The van der Waals surface area contributed by atoms with E-state index in [1.54, 1.807) is 4.90 Å². The van der Waals surface area contributed by atoms with Crippen LogP contribution in [0.5, 0.6) is 0 Å². The van der Waals surface area contributed by atoms with Crippen molar-refractivity contribution in [1.29, 1.82) is 0 Å². The van der Waals surface area contributed by atoms with E-state index in [0.29, 0.717) is 19.4 Å². The summed E-state index contributed by atoms with van der Waals surface area (Å²) in [5.41, 5.74) is 2.07. The van der Waals surface area contributed by atoms with Gasteiger partial charge in [0.2, 0.25) is 11.8 Å². The third kappa shape index (κ3) is 5.11. The number of nitrogens with zero attached hydrogens (tertiary/aromatic N) is 3. The van der Waals surface area contributed by atoms with Gasteiger partial charge in [0, 0.05) is 44.8 Å². The number of benzene rings is 1. The summed E-state index contributed by atoms with van der Waals surface area (Å²) in [5, 5.41) is 3.08. The van der Waals surface area contributed by atoms with E-state index >= 15 is 0 Å². The van der Waals surface area contributed by atoms with Crippen LogP contribution < -0.4 is 10.2 Å². The van der Waals surface area contributed by atoms with Gasteiger partial charge in [0.1, 0.15) is 6.04 Å². The number of rotatable bonds is 7. The van der Waals surface area contributed by atoms with E-state index in [1.165, 1.54) is 0 Å². The number of aryl methyl sites for hydroxylation is 1. The number of likely N-dealkylation sites (N-methyl/N-ethyl adjacent to an activating group) is 1. The molecule has 6 heteroatoms. The predicted octanol–water partition coefficient (Wildman–Crippen LogP) is 1.89. The van der Waals surface area contributed by atoms with Crippen LogP contribution in [0.4, 0.5) is 5.69 Å². The summed E-state index contributed by atoms with van der Waals surface area (Å²) in [6, 6.07) is 7.57. The Kier molecular flexibility index (Phi) is 7.45. The van der Waals surface area contributed by atoms with Crippen LogP contribution in [0, 0.1) is 0 Å². The fourth-order valence-corrected chi connectivity index (χ4v) is 4.17. The van der Waals surface area contributed by atoms with Crippen molar-refractivity contribution in [2.45, 2.75) is 45.1 Å². The molecule has 28 heavy (non-hydrogen) atoms. The number of nitrogens with one attached hydrogen (secondary N) is 1. The topological polar surface area (TPSA) is 55.9 Å². The maximum absolute atomic E-state index is 12.9. The van der Waals surface area contributed by atoms with E-state index in [4.69, 9.17) is 0 Å². The highest BCUT2D eigenvalue weighted by Gasteiger charge is 2.32. The molecule has 2 aliphatic heterocycles. The molecule has 0 bridgehead atoms. The summed E-state index contributed by atoms with van der Waals surface area (Å²) >= 11 is 0. The zero-order chi connectivity index (χ0) is 19.9. The fraction of sp³-hybridized carbons (Fsp3) is 0.636. The zero-order valence-electron chi connectivity index (χ0n) is 17.3.